The Kier molecular flexibility index (Phi) is 4.62. The molecule has 5 N–H and O–H groups in total. The maximum absolute atomic E-state index is 10.2. The number of hydrogen-bond donors (Lipinski definition) is 5. The van der Waals surface area contributed by atoms with Crippen molar-refractivity contribution in [1.29, 1.82) is 0 Å². The van der Waals surface area contributed by atoms with Crippen molar-refractivity contribution in [3.8, 4) is 5.75 Å². The lowest BCUT2D eigenvalue weighted by Gasteiger charge is -2.16. The maximum atomic E-state index is 10.2. The molecule has 10 nitrogen and oxygen atoms in total. The minimum absolute atomic E-state index is 0.177. The van der Waals surface area contributed by atoms with Gasteiger partial charge in [-0.05, 0) is 17.7 Å². The highest BCUT2D eigenvalue weighted by molar-refractivity contribution is 5.82. The Bertz CT molecular complexity index is 948. The zero-order valence-electron chi connectivity index (χ0n) is 14.2. The fourth-order valence-corrected chi connectivity index (χ4v) is 3.13. The Morgan fingerprint density at radius 3 is 2.74 bits per heavy atom. The number of fused-ring (bicyclic) bond motifs is 1. The summed E-state index contributed by atoms with van der Waals surface area (Å²) in [5.41, 5.74) is 1.75. The molecule has 4 atom stereocenters. The molecule has 3 aromatic rings. The standard InChI is InChI=1S/C17H19N5O5/c23-6-11-13(25)14(26)17(27-11)22-8-21-12-15(19-7-20-16(12)22)18-5-9-2-1-3-10(24)4-9/h1-4,7-8,11,13-14,17,23-26H,5-6H2,(H,18,19,20)/t11-,13+,14+,17-/m1/s1. The minimum atomic E-state index is -1.22. The molecular formula is C17H19N5O5. The second-order valence-corrected chi connectivity index (χ2v) is 6.30. The average Bonchev–Trinajstić information content (AvgIpc) is 3.22. The Morgan fingerprint density at radius 2 is 2.00 bits per heavy atom. The molecule has 0 spiro atoms. The summed E-state index contributed by atoms with van der Waals surface area (Å²) in [6, 6.07) is 6.85. The molecule has 0 amide bonds. The van der Waals surface area contributed by atoms with E-state index in [1.165, 1.54) is 17.2 Å². The van der Waals surface area contributed by atoms with Crippen LogP contribution in [0.15, 0.2) is 36.9 Å². The monoisotopic (exact) mass is 373 g/mol. The second-order valence-electron chi connectivity index (χ2n) is 6.30. The van der Waals surface area contributed by atoms with Crippen LogP contribution < -0.4 is 5.32 Å². The number of nitrogens with one attached hydrogen (secondary N) is 1. The van der Waals surface area contributed by atoms with E-state index in [4.69, 9.17) is 4.74 Å². The van der Waals surface area contributed by atoms with E-state index in [0.29, 0.717) is 23.5 Å². The number of benzene rings is 1. The van der Waals surface area contributed by atoms with Gasteiger partial charge in [0.2, 0.25) is 0 Å². The maximum Gasteiger partial charge on any atom is 0.167 e. The Morgan fingerprint density at radius 1 is 1.15 bits per heavy atom. The van der Waals surface area contributed by atoms with Gasteiger partial charge in [0.1, 0.15) is 30.4 Å². The van der Waals surface area contributed by atoms with Gasteiger partial charge in [0.25, 0.3) is 0 Å². The fourth-order valence-electron chi connectivity index (χ4n) is 3.13. The molecule has 3 heterocycles. The lowest BCUT2D eigenvalue weighted by Crippen LogP contribution is -2.33. The van der Waals surface area contributed by atoms with E-state index in [1.54, 1.807) is 18.2 Å². The number of ether oxygens (including phenoxy) is 1. The first-order chi connectivity index (χ1) is 13.1. The van der Waals surface area contributed by atoms with Crippen LogP contribution in [0.4, 0.5) is 5.82 Å². The van der Waals surface area contributed by atoms with Gasteiger partial charge in [-0.3, -0.25) is 4.57 Å². The summed E-state index contributed by atoms with van der Waals surface area (Å²) in [7, 11) is 0. The summed E-state index contributed by atoms with van der Waals surface area (Å²) in [5, 5.41) is 42.1. The summed E-state index contributed by atoms with van der Waals surface area (Å²) in [6.07, 6.45) is -1.43. The van der Waals surface area contributed by atoms with Crippen LogP contribution in [0, 0.1) is 0 Å². The van der Waals surface area contributed by atoms with Gasteiger partial charge in [-0.2, -0.15) is 0 Å². The van der Waals surface area contributed by atoms with Crippen molar-refractivity contribution >= 4 is 17.0 Å². The fraction of sp³-hybridized carbons (Fsp3) is 0.353. The quantitative estimate of drug-likeness (QED) is 0.409. The zero-order valence-corrected chi connectivity index (χ0v) is 14.2. The number of aliphatic hydroxyl groups excluding tert-OH is 3. The predicted molar refractivity (Wildman–Crippen MR) is 93.8 cm³/mol. The van der Waals surface area contributed by atoms with Gasteiger partial charge in [-0.1, -0.05) is 12.1 Å². The summed E-state index contributed by atoms with van der Waals surface area (Å²) in [6.45, 7) is 0.00823. The van der Waals surface area contributed by atoms with Crippen molar-refractivity contribution in [3.05, 3.63) is 42.5 Å². The first-order valence-corrected chi connectivity index (χ1v) is 8.40. The molecular weight excluding hydrogens is 354 g/mol. The van der Waals surface area contributed by atoms with Gasteiger partial charge in [0.05, 0.1) is 12.9 Å². The molecule has 0 saturated carbocycles. The molecule has 10 heteroatoms. The van der Waals surface area contributed by atoms with E-state index < -0.39 is 31.1 Å². The Balaban J connectivity index is 1.60. The van der Waals surface area contributed by atoms with Gasteiger partial charge in [0, 0.05) is 6.54 Å². The van der Waals surface area contributed by atoms with Crippen LogP contribution in [0.25, 0.3) is 11.2 Å². The molecule has 2 aromatic heterocycles. The second kappa shape index (κ2) is 7.08. The number of rotatable bonds is 5. The Hall–Kier alpha value is -2.79. The molecule has 27 heavy (non-hydrogen) atoms. The molecule has 0 aliphatic carbocycles. The zero-order chi connectivity index (χ0) is 19.0. The number of phenols is 1. The highest BCUT2D eigenvalue weighted by atomic mass is 16.6. The average molecular weight is 373 g/mol. The predicted octanol–water partition coefficient (Wildman–Crippen LogP) is -0.245. The van der Waals surface area contributed by atoms with Crippen LogP contribution in [0.1, 0.15) is 11.8 Å². The van der Waals surface area contributed by atoms with Crippen molar-refractivity contribution in [3.63, 3.8) is 0 Å². The van der Waals surface area contributed by atoms with Crippen molar-refractivity contribution in [1.82, 2.24) is 19.5 Å². The Labute approximate surface area is 153 Å². The largest absolute Gasteiger partial charge is 0.508 e. The van der Waals surface area contributed by atoms with Crippen molar-refractivity contribution in [2.45, 2.75) is 31.1 Å². The van der Waals surface area contributed by atoms with Crippen LogP contribution in [0.3, 0.4) is 0 Å². The SMILES string of the molecule is OC[C@H]1O[C@@H](n2cnc3c(NCc4cccc(O)c4)ncnc32)[C@@H](O)[C@H]1O. The number of aromatic nitrogens is 4. The minimum Gasteiger partial charge on any atom is -0.508 e. The number of nitrogens with zero attached hydrogens (tertiary/aromatic N) is 4. The summed E-state index contributed by atoms with van der Waals surface area (Å²) < 4.78 is 7.03. The first kappa shape index (κ1) is 17.6. The molecule has 1 fully saturated rings. The van der Waals surface area contributed by atoms with Crippen LogP contribution >= 0.6 is 0 Å². The molecule has 1 aliphatic heterocycles. The van der Waals surface area contributed by atoms with Crippen LogP contribution in [0.5, 0.6) is 5.75 Å². The van der Waals surface area contributed by atoms with Gasteiger partial charge < -0.3 is 30.5 Å². The normalized spacial score (nSPS) is 25.1. The molecule has 1 aliphatic rings. The molecule has 0 radical (unpaired) electrons. The number of aromatic hydroxyl groups is 1. The molecule has 0 bridgehead atoms. The summed E-state index contributed by atoms with van der Waals surface area (Å²) in [4.78, 5) is 12.7. The van der Waals surface area contributed by atoms with Gasteiger partial charge in [0.15, 0.2) is 23.2 Å². The van der Waals surface area contributed by atoms with E-state index in [2.05, 4.69) is 20.3 Å². The van der Waals surface area contributed by atoms with Gasteiger partial charge in [-0.15, -0.1) is 0 Å². The number of imidazole rings is 1. The molecule has 0 unspecified atom stereocenters. The smallest absolute Gasteiger partial charge is 0.167 e. The summed E-state index contributed by atoms with van der Waals surface area (Å²) >= 11 is 0. The number of anilines is 1. The van der Waals surface area contributed by atoms with Crippen LogP contribution in [-0.4, -0.2) is 64.9 Å². The van der Waals surface area contributed by atoms with E-state index >= 15 is 0 Å². The van der Waals surface area contributed by atoms with Crippen molar-refractivity contribution < 1.29 is 25.2 Å². The highest BCUT2D eigenvalue weighted by Gasteiger charge is 2.44. The lowest BCUT2D eigenvalue weighted by atomic mass is 10.1. The number of phenolic OH excluding ortho intramolecular Hbond substituents is 1. The van der Waals surface area contributed by atoms with Crippen molar-refractivity contribution in [2.75, 3.05) is 11.9 Å². The molecule has 142 valence electrons. The number of aliphatic hydroxyl groups is 3. The summed E-state index contributed by atoms with van der Waals surface area (Å²) in [5.74, 6) is 0.657. The van der Waals surface area contributed by atoms with E-state index in [0.717, 1.165) is 5.56 Å². The first-order valence-electron chi connectivity index (χ1n) is 8.40. The third kappa shape index (κ3) is 3.19. The highest BCUT2D eigenvalue weighted by Crippen LogP contribution is 2.32. The van der Waals surface area contributed by atoms with Crippen LogP contribution in [0.2, 0.25) is 0 Å². The molecule has 1 saturated heterocycles. The van der Waals surface area contributed by atoms with E-state index in [-0.39, 0.29) is 5.75 Å². The molecule has 4 rings (SSSR count). The lowest BCUT2D eigenvalue weighted by molar-refractivity contribution is -0.0511. The third-order valence-electron chi connectivity index (χ3n) is 4.52. The third-order valence-corrected chi connectivity index (χ3v) is 4.52. The van der Waals surface area contributed by atoms with Gasteiger partial charge >= 0.3 is 0 Å². The van der Waals surface area contributed by atoms with Crippen molar-refractivity contribution in [2.24, 2.45) is 0 Å². The van der Waals surface area contributed by atoms with Crippen LogP contribution in [-0.2, 0) is 11.3 Å². The van der Waals surface area contributed by atoms with E-state index in [1.807, 2.05) is 6.07 Å². The number of hydrogen-bond acceptors (Lipinski definition) is 9. The van der Waals surface area contributed by atoms with Gasteiger partial charge in [-0.25, -0.2) is 15.0 Å². The topological polar surface area (TPSA) is 146 Å². The molecule has 1 aromatic carbocycles. The van der Waals surface area contributed by atoms with E-state index in [9.17, 15) is 20.4 Å².